The third kappa shape index (κ3) is 6.13. The average molecular weight is 630 g/mol. The van der Waals surface area contributed by atoms with E-state index >= 15 is 0 Å². The third-order valence-electron chi connectivity index (χ3n) is 8.07. The van der Waals surface area contributed by atoms with Gasteiger partial charge in [-0.25, -0.2) is 18.8 Å². The molecule has 0 saturated carbocycles. The summed E-state index contributed by atoms with van der Waals surface area (Å²) in [4.78, 5) is 32.8. The Morgan fingerprint density at radius 3 is 2.20 bits per heavy atom. The number of aliphatic imine (C=N–C) groups is 1. The van der Waals surface area contributed by atoms with Crippen LogP contribution in [0.2, 0.25) is 0 Å². The molecule has 4 aromatic rings. The number of benzene rings is 3. The highest BCUT2D eigenvalue weighted by atomic mass is 19.1. The van der Waals surface area contributed by atoms with Crippen LogP contribution < -0.4 is 29.7 Å². The molecule has 1 amide bonds. The Morgan fingerprint density at radius 1 is 0.891 bits per heavy atom. The fourth-order valence-corrected chi connectivity index (χ4v) is 5.69. The number of amides is 1. The molecule has 3 heterocycles. The van der Waals surface area contributed by atoms with Gasteiger partial charge in [-0.2, -0.15) is 4.98 Å². The molecule has 0 bridgehead atoms. The Labute approximate surface area is 264 Å². The molecule has 3 aromatic carbocycles. The van der Waals surface area contributed by atoms with Crippen LogP contribution >= 0.6 is 0 Å². The lowest BCUT2D eigenvalue weighted by molar-refractivity contribution is -0.112. The van der Waals surface area contributed by atoms with Gasteiger partial charge in [-0.05, 0) is 60.2 Å². The summed E-state index contributed by atoms with van der Waals surface area (Å²) < 4.78 is 44.0. The summed E-state index contributed by atoms with van der Waals surface area (Å²) in [5, 5.41) is 0. The summed E-state index contributed by atoms with van der Waals surface area (Å²) in [6, 6.07) is 14.2. The first-order valence-corrected chi connectivity index (χ1v) is 14.6. The van der Waals surface area contributed by atoms with Gasteiger partial charge in [0.1, 0.15) is 23.2 Å². The van der Waals surface area contributed by atoms with Crippen molar-refractivity contribution in [2.75, 3.05) is 69.7 Å². The Bertz CT molecular complexity index is 1770. The Hall–Kier alpha value is -5.30. The van der Waals surface area contributed by atoms with Gasteiger partial charge in [-0.1, -0.05) is 0 Å². The van der Waals surface area contributed by atoms with E-state index in [2.05, 4.69) is 24.8 Å². The number of hydrogen-bond donors (Lipinski definition) is 1. The molecule has 6 rings (SSSR count). The minimum Gasteiger partial charge on any atom is -0.493 e. The van der Waals surface area contributed by atoms with E-state index in [1.165, 1.54) is 45.6 Å². The van der Waals surface area contributed by atoms with Crippen LogP contribution in [0.25, 0.3) is 0 Å². The average Bonchev–Trinajstić information content (AvgIpc) is 3.31. The maximum Gasteiger partial charge on any atom is 0.278 e. The van der Waals surface area contributed by atoms with Gasteiger partial charge in [-0.3, -0.25) is 14.6 Å². The fourth-order valence-electron chi connectivity index (χ4n) is 5.69. The number of rotatable bonds is 9. The number of anilines is 3. The quantitative estimate of drug-likeness (QED) is 0.291. The monoisotopic (exact) mass is 629 g/mol. The molecule has 1 fully saturated rings. The predicted molar refractivity (Wildman–Crippen MR) is 170 cm³/mol. The summed E-state index contributed by atoms with van der Waals surface area (Å²) >= 11 is 0. The molecule has 2 aliphatic rings. The van der Waals surface area contributed by atoms with Crippen LogP contribution in [0, 0.1) is 11.6 Å². The van der Waals surface area contributed by atoms with Crippen LogP contribution in [0.3, 0.4) is 0 Å². The molecule has 0 radical (unpaired) electrons. The number of ether oxygens (including phenoxy) is 3. The van der Waals surface area contributed by atoms with Crippen molar-refractivity contribution >= 4 is 34.8 Å². The number of halogens is 2. The molecule has 11 nitrogen and oxygen atoms in total. The highest BCUT2D eigenvalue weighted by Crippen LogP contribution is 2.39. The largest absolute Gasteiger partial charge is 0.493 e. The number of hydrogen-bond acceptors (Lipinski definition) is 10. The maximum atomic E-state index is 14.4. The van der Waals surface area contributed by atoms with Crippen molar-refractivity contribution < 1.29 is 27.8 Å². The van der Waals surface area contributed by atoms with Crippen LogP contribution in [0.15, 0.2) is 65.8 Å². The van der Waals surface area contributed by atoms with Crippen LogP contribution in [-0.2, 0) is 11.2 Å². The van der Waals surface area contributed by atoms with Gasteiger partial charge < -0.3 is 24.8 Å². The van der Waals surface area contributed by atoms with Crippen molar-refractivity contribution in [1.82, 2.24) is 14.9 Å². The maximum absolute atomic E-state index is 14.4. The second-order valence-corrected chi connectivity index (χ2v) is 10.9. The molecular weight excluding hydrogens is 596 g/mol. The topological polar surface area (TPSA) is 119 Å². The molecule has 0 unspecified atom stereocenters. The zero-order valence-corrected chi connectivity index (χ0v) is 25.7. The van der Waals surface area contributed by atoms with E-state index in [4.69, 9.17) is 19.9 Å². The number of nitrogen functional groups attached to an aromatic ring is 1. The lowest BCUT2D eigenvalue weighted by Crippen LogP contribution is -2.51. The van der Waals surface area contributed by atoms with E-state index in [1.54, 1.807) is 29.3 Å². The van der Waals surface area contributed by atoms with E-state index in [9.17, 15) is 13.6 Å². The van der Waals surface area contributed by atoms with Crippen LogP contribution in [0.1, 0.15) is 16.7 Å². The minimum atomic E-state index is -0.491. The molecule has 2 N–H and O–H groups in total. The lowest BCUT2D eigenvalue weighted by Gasteiger charge is -2.37. The molecule has 238 valence electrons. The van der Waals surface area contributed by atoms with Gasteiger partial charge >= 0.3 is 0 Å². The first-order valence-electron chi connectivity index (χ1n) is 14.6. The fraction of sp³-hybridized carbons (Fsp3) is 0.273. The van der Waals surface area contributed by atoms with Crippen molar-refractivity contribution in [3.8, 4) is 17.2 Å². The first kappa shape index (κ1) is 30.7. The van der Waals surface area contributed by atoms with Gasteiger partial charge in [0.15, 0.2) is 11.5 Å². The van der Waals surface area contributed by atoms with Crippen molar-refractivity contribution in [3.63, 3.8) is 0 Å². The molecule has 46 heavy (non-hydrogen) atoms. The normalized spacial score (nSPS) is 15.8. The summed E-state index contributed by atoms with van der Waals surface area (Å²) in [7, 11) is 4.61. The molecule has 13 heteroatoms. The summed E-state index contributed by atoms with van der Waals surface area (Å²) in [5.41, 5.74) is 9.67. The molecule has 0 atom stereocenters. The van der Waals surface area contributed by atoms with Crippen LogP contribution in [0.5, 0.6) is 17.2 Å². The Kier molecular flexibility index (Phi) is 8.66. The van der Waals surface area contributed by atoms with Crippen molar-refractivity contribution in [2.45, 2.75) is 6.42 Å². The standard InChI is InChI=1S/C33H33F2N7O4/c1-44-27-15-20(16-28(45-2)30(27)46-3)14-21-18-37-33(39-31(21)36)38-29-25-17-23(35)6-9-26(25)42(32(29)43)19-40-10-12-41(13-11-40)24-7-4-22(34)5-8-24/h4-9,15-18H,10-14,19H2,1-3H3,(H2,36,37,39)/b38-29-. The van der Waals surface area contributed by atoms with E-state index in [0.717, 1.165) is 11.3 Å². The number of nitrogens with two attached hydrogens (primary N) is 1. The van der Waals surface area contributed by atoms with Gasteiger partial charge in [0, 0.05) is 55.6 Å². The van der Waals surface area contributed by atoms with E-state index in [-0.39, 0.29) is 29.2 Å². The first-order chi connectivity index (χ1) is 22.3. The number of aromatic nitrogens is 2. The second kappa shape index (κ2) is 13.0. The zero-order valence-electron chi connectivity index (χ0n) is 25.7. The molecule has 0 aliphatic carbocycles. The Balaban J connectivity index is 1.20. The van der Waals surface area contributed by atoms with Gasteiger partial charge in [-0.15, -0.1) is 0 Å². The van der Waals surface area contributed by atoms with Crippen LogP contribution in [-0.4, -0.2) is 80.7 Å². The summed E-state index contributed by atoms with van der Waals surface area (Å²) in [5.74, 6) is 0.503. The van der Waals surface area contributed by atoms with Crippen molar-refractivity contribution in [1.29, 1.82) is 0 Å². The zero-order chi connectivity index (χ0) is 32.4. The number of piperazine rings is 1. The predicted octanol–water partition coefficient (Wildman–Crippen LogP) is 4.20. The van der Waals surface area contributed by atoms with Gasteiger partial charge in [0.05, 0.1) is 33.7 Å². The summed E-state index contributed by atoms with van der Waals surface area (Å²) in [6.07, 6.45) is 1.92. The highest BCUT2D eigenvalue weighted by molar-refractivity contribution is 6.54. The van der Waals surface area contributed by atoms with Gasteiger partial charge in [0.25, 0.3) is 11.9 Å². The smallest absolute Gasteiger partial charge is 0.278 e. The molecule has 0 spiro atoms. The van der Waals surface area contributed by atoms with Crippen molar-refractivity contribution in [3.05, 3.63) is 89.1 Å². The molecule has 2 aliphatic heterocycles. The number of nitrogens with zero attached hydrogens (tertiary/aromatic N) is 6. The van der Waals surface area contributed by atoms with E-state index in [0.29, 0.717) is 73.3 Å². The van der Waals surface area contributed by atoms with Crippen molar-refractivity contribution in [2.24, 2.45) is 4.99 Å². The number of fused-ring (bicyclic) bond motifs is 1. The molecule has 1 saturated heterocycles. The SMILES string of the molecule is COc1cc(Cc2cnc(/N=C3\C(=O)N(CN4CCN(c5ccc(F)cc5)CC4)c4ccc(F)cc43)nc2N)cc(OC)c1OC. The molecule has 1 aromatic heterocycles. The second-order valence-electron chi connectivity index (χ2n) is 10.9. The van der Waals surface area contributed by atoms with Gasteiger partial charge in [0.2, 0.25) is 5.75 Å². The number of methoxy groups -OCH3 is 3. The number of carbonyl (C=O) groups is 1. The lowest BCUT2D eigenvalue weighted by atomic mass is 10.1. The Morgan fingerprint density at radius 2 is 1.57 bits per heavy atom. The summed E-state index contributed by atoms with van der Waals surface area (Å²) in [6.45, 7) is 3.07. The van der Waals surface area contributed by atoms with Crippen LogP contribution in [0.4, 0.5) is 31.9 Å². The van der Waals surface area contributed by atoms with E-state index in [1.807, 2.05) is 12.1 Å². The highest BCUT2D eigenvalue weighted by Gasteiger charge is 2.36. The minimum absolute atomic E-state index is 0.0144. The third-order valence-corrected chi connectivity index (χ3v) is 8.07. The molecular formula is C33H33F2N7O4. The number of carbonyl (C=O) groups excluding carboxylic acids is 1. The van der Waals surface area contributed by atoms with E-state index < -0.39 is 5.82 Å².